The normalized spacial score (nSPS) is 11.7. The van der Waals surface area contributed by atoms with Crippen molar-refractivity contribution in [1.82, 2.24) is 20.1 Å². The van der Waals surface area contributed by atoms with E-state index in [2.05, 4.69) is 20.8 Å². The van der Waals surface area contributed by atoms with E-state index < -0.39 is 16.9 Å². The molecule has 0 spiro atoms. The molecular weight excluding hydrogens is 503 g/mol. The van der Waals surface area contributed by atoms with E-state index in [4.69, 9.17) is 23.2 Å². The molecule has 13 heteroatoms. The van der Waals surface area contributed by atoms with Crippen LogP contribution in [0.2, 0.25) is 10.0 Å². The Morgan fingerprint density at radius 2 is 1.94 bits per heavy atom. The quantitative estimate of drug-likeness (QED) is 0.251. The number of carbonyl (C=O) groups is 2. The number of aryl methyl sites for hydroxylation is 1. The third-order valence-electron chi connectivity index (χ3n) is 4.82. The Balaban J connectivity index is 1.62. The third kappa shape index (κ3) is 6.04. The van der Waals surface area contributed by atoms with Crippen LogP contribution in [0.5, 0.6) is 0 Å². The Hall–Kier alpha value is -3.15. The molecule has 0 bridgehead atoms. The lowest BCUT2D eigenvalue weighted by molar-refractivity contribution is -0.384. The monoisotopic (exact) mass is 522 g/mol. The first-order valence-electron chi connectivity index (χ1n) is 9.89. The molecule has 0 saturated carbocycles. The summed E-state index contributed by atoms with van der Waals surface area (Å²) in [5.74, 6) is -0.249. The first-order valence-corrected chi connectivity index (χ1v) is 11.6. The van der Waals surface area contributed by atoms with E-state index in [1.807, 2.05) is 0 Å². The number of rotatable bonds is 8. The van der Waals surface area contributed by atoms with Crippen LogP contribution in [-0.2, 0) is 11.8 Å². The third-order valence-corrected chi connectivity index (χ3v) is 6.39. The van der Waals surface area contributed by atoms with Crippen LogP contribution in [0.25, 0.3) is 0 Å². The summed E-state index contributed by atoms with van der Waals surface area (Å²) >= 11 is 13.1. The summed E-state index contributed by atoms with van der Waals surface area (Å²) < 4.78 is 1.67. The number of benzene rings is 2. The summed E-state index contributed by atoms with van der Waals surface area (Å²) in [4.78, 5) is 35.4. The number of thioether (sulfide) groups is 1. The number of hydrogen-bond acceptors (Lipinski definition) is 7. The second kappa shape index (κ2) is 10.9. The predicted molar refractivity (Wildman–Crippen MR) is 131 cm³/mol. The Kier molecular flexibility index (Phi) is 8.13. The number of non-ortho nitro benzene ring substituents is 1. The number of nitrogens with one attached hydrogen (secondary N) is 2. The largest absolute Gasteiger partial charge is 0.342 e. The molecule has 34 heavy (non-hydrogen) atoms. The van der Waals surface area contributed by atoms with Crippen LogP contribution < -0.4 is 10.6 Å². The van der Waals surface area contributed by atoms with Gasteiger partial charge in [-0.25, -0.2) is 0 Å². The number of nitro groups is 1. The molecule has 0 aliphatic carbocycles. The summed E-state index contributed by atoms with van der Waals surface area (Å²) in [5, 5.41) is 25.8. The fourth-order valence-electron chi connectivity index (χ4n) is 3.02. The predicted octanol–water partition coefficient (Wildman–Crippen LogP) is 4.56. The highest BCUT2D eigenvalue weighted by molar-refractivity contribution is 7.99. The van der Waals surface area contributed by atoms with Crippen LogP contribution >= 0.6 is 35.0 Å². The zero-order chi connectivity index (χ0) is 25.0. The first kappa shape index (κ1) is 25.5. The molecule has 2 N–H and O–H groups in total. The lowest BCUT2D eigenvalue weighted by Gasteiger charge is -2.14. The van der Waals surface area contributed by atoms with Crippen molar-refractivity contribution in [3.8, 4) is 0 Å². The molecular formula is C21H20Cl2N6O4S. The Morgan fingerprint density at radius 1 is 1.21 bits per heavy atom. The average molecular weight is 523 g/mol. The van der Waals surface area contributed by atoms with Gasteiger partial charge in [-0.3, -0.25) is 19.7 Å². The second-order valence-corrected chi connectivity index (χ2v) is 9.10. The van der Waals surface area contributed by atoms with Crippen molar-refractivity contribution >= 4 is 58.2 Å². The zero-order valence-corrected chi connectivity index (χ0v) is 20.7. The van der Waals surface area contributed by atoms with Crippen LogP contribution in [-0.4, -0.2) is 37.3 Å². The number of hydrogen-bond donors (Lipinski definition) is 2. The molecule has 0 fully saturated rings. The maximum atomic E-state index is 12.6. The Morgan fingerprint density at radius 3 is 2.62 bits per heavy atom. The fraction of sp³-hybridized carbons (Fsp3) is 0.238. The SMILES string of the molecule is Cc1ccc([N+](=O)[O-])cc1NC(=O)CSc1nnc([C@H](C)NC(=O)c2ccc(Cl)cc2Cl)n1C. The summed E-state index contributed by atoms with van der Waals surface area (Å²) in [6.07, 6.45) is 0. The van der Waals surface area contributed by atoms with Gasteiger partial charge in [0.15, 0.2) is 11.0 Å². The number of halogens is 2. The van der Waals surface area contributed by atoms with Crippen molar-refractivity contribution < 1.29 is 14.5 Å². The minimum Gasteiger partial charge on any atom is -0.342 e. The second-order valence-electron chi connectivity index (χ2n) is 7.31. The van der Waals surface area contributed by atoms with Crippen LogP contribution in [0.15, 0.2) is 41.6 Å². The molecule has 1 atom stereocenters. The van der Waals surface area contributed by atoms with E-state index in [1.54, 1.807) is 37.6 Å². The summed E-state index contributed by atoms with van der Waals surface area (Å²) in [5.41, 5.74) is 1.25. The van der Waals surface area contributed by atoms with Gasteiger partial charge in [0.2, 0.25) is 5.91 Å². The maximum Gasteiger partial charge on any atom is 0.271 e. The van der Waals surface area contributed by atoms with E-state index >= 15 is 0 Å². The van der Waals surface area contributed by atoms with E-state index in [9.17, 15) is 19.7 Å². The van der Waals surface area contributed by atoms with Crippen molar-refractivity contribution in [2.24, 2.45) is 7.05 Å². The summed E-state index contributed by atoms with van der Waals surface area (Å²) in [6.45, 7) is 3.49. The van der Waals surface area contributed by atoms with Crippen molar-refractivity contribution in [1.29, 1.82) is 0 Å². The van der Waals surface area contributed by atoms with Crippen molar-refractivity contribution in [3.63, 3.8) is 0 Å². The molecule has 178 valence electrons. The van der Waals surface area contributed by atoms with Crippen LogP contribution in [0, 0.1) is 17.0 Å². The van der Waals surface area contributed by atoms with Crippen LogP contribution in [0.4, 0.5) is 11.4 Å². The van der Waals surface area contributed by atoms with Crippen LogP contribution in [0.1, 0.15) is 34.7 Å². The topological polar surface area (TPSA) is 132 Å². The van der Waals surface area contributed by atoms with Gasteiger partial charge >= 0.3 is 0 Å². The molecule has 0 aliphatic rings. The lowest BCUT2D eigenvalue weighted by Crippen LogP contribution is -2.28. The molecule has 10 nitrogen and oxygen atoms in total. The number of aromatic nitrogens is 3. The number of carbonyl (C=O) groups excluding carboxylic acids is 2. The standard InChI is InChI=1S/C21H20Cl2N6O4S/c1-11-4-6-14(29(32)33)9-17(11)25-18(30)10-34-21-27-26-19(28(21)3)12(2)24-20(31)15-7-5-13(22)8-16(15)23/h4-9,12H,10H2,1-3H3,(H,24,31)(H,25,30)/t12-/m0/s1. The van der Waals surface area contributed by atoms with Gasteiger partial charge in [-0.05, 0) is 37.6 Å². The van der Waals surface area contributed by atoms with Gasteiger partial charge in [-0.2, -0.15) is 0 Å². The Labute approximate surface area is 209 Å². The van der Waals surface area contributed by atoms with Gasteiger partial charge < -0.3 is 15.2 Å². The molecule has 1 aromatic heterocycles. The number of anilines is 1. The average Bonchev–Trinajstić information content (AvgIpc) is 3.13. The first-order chi connectivity index (χ1) is 16.1. The molecule has 0 saturated heterocycles. The minimum atomic E-state index is -0.522. The highest BCUT2D eigenvalue weighted by Gasteiger charge is 2.20. The van der Waals surface area contributed by atoms with Crippen molar-refractivity contribution in [2.45, 2.75) is 25.0 Å². The van der Waals surface area contributed by atoms with E-state index in [1.165, 1.54) is 24.3 Å². The van der Waals surface area contributed by atoms with Gasteiger partial charge in [0.1, 0.15) is 0 Å². The molecule has 3 aromatic rings. The highest BCUT2D eigenvalue weighted by Crippen LogP contribution is 2.24. The molecule has 2 amide bonds. The summed E-state index contributed by atoms with van der Waals surface area (Å²) in [7, 11) is 1.72. The number of nitro benzene ring substituents is 1. The van der Waals surface area contributed by atoms with Gasteiger partial charge in [0, 0.05) is 24.2 Å². The number of nitrogens with zero attached hydrogens (tertiary/aromatic N) is 4. The van der Waals surface area contributed by atoms with E-state index in [-0.39, 0.29) is 27.9 Å². The fourth-order valence-corrected chi connectivity index (χ4v) is 4.23. The molecule has 0 unspecified atom stereocenters. The maximum absolute atomic E-state index is 12.6. The van der Waals surface area contributed by atoms with E-state index in [0.29, 0.717) is 27.3 Å². The van der Waals surface area contributed by atoms with Crippen molar-refractivity contribution in [3.05, 3.63) is 73.5 Å². The highest BCUT2D eigenvalue weighted by atomic mass is 35.5. The molecule has 3 rings (SSSR count). The van der Waals surface area contributed by atoms with Gasteiger partial charge in [0.25, 0.3) is 11.6 Å². The zero-order valence-electron chi connectivity index (χ0n) is 18.3. The molecule has 0 aliphatic heterocycles. The lowest BCUT2D eigenvalue weighted by atomic mass is 10.2. The van der Waals surface area contributed by atoms with Gasteiger partial charge in [-0.15, -0.1) is 10.2 Å². The van der Waals surface area contributed by atoms with Crippen molar-refractivity contribution in [2.75, 3.05) is 11.1 Å². The van der Waals surface area contributed by atoms with Gasteiger partial charge in [0.05, 0.1) is 33.0 Å². The van der Waals surface area contributed by atoms with E-state index in [0.717, 1.165) is 11.8 Å². The smallest absolute Gasteiger partial charge is 0.271 e. The molecule has 2 aromatic carbocycles. The number of amides is 2. The summed E-state index contributed by atoms with van der Waals surface area (Å²) in [6, 6.07) is 8.36. The molecule has 0 radical (unpaired) electrons. The van der Waals surface area contributed by atoms with Crippen LogP contribution in [0.3, 0.4) is 0 Å². The Bertz CT molecular complexity index is 1270. The van der Waals surface area contributed by atoms with Gasteiger partial charge in [-0.1, -0.05) is 41.0 Å². The minimum absolute atomic E-state index is 0.00915. The molecule has 1 heterocycles.